The van der Waals surface area contributed by atoms with Gasteiger partial charge in [-0.3, -0.25) is 14.5 Å². The van der Waals surface area contributed by atoms with Crippen LogP contribution in [-0.2, 0) is 9.53 Å². The van der Waals surface area contributed by atoms with Gasteiger partial charge in [0.2, 0.25) is 0 Å². The fraction of sp³-hybridized carbons (Fsp3) is 0.571. The lowest BCUT2D eigenvalue weighted by atomic mass is 10.1. The molecule has 108 valence electrons. The highest BCUT2D eigenvalue weighted by Gasteiger charge is 2.38. The van der Waals surface area contributed by atoms with Crippen molar-refractivity contribution in [1.29, 1.82) is 0 Å². The quantitative estimate of drug-likeness (QED) is 0.769. The summed E-state index contributed by atoms with van der Waals surface area (Å²) < 4.78 is 5.20. The first kappa shape index (κ1) is 13.6. The van der Waals surface area contributed by atoms with E-state index in [-0.39, 0.29) is 24.0 Å². The van der Waals surface area contributed by atoms with Gasteiger partial charge in [0.05, 0.1) is 4.88 Å². The molecule has 6 heteroatoms. The topological polar surface area (TPSA) is 49.9 Å². The van der Waals surface area contributed by atoms with E-state index in [4.69, 9.17) is 4.74 Å². The van der Waals surface area contributed by atoms with Crippen molar-refractivity contribution in [2.24, 2.45) is 0 Å². The highest BCUT2D eigenvalue weighted by molar-refractivity contribution is 7.12. The summed E-state index contributed by atoms with van der Waals surface area (Å²) in [6.07, 6.45) is 0.774. The van der Waals surface area contributed by atoms with Gasteiger partial charge in [-0.15, -0.1) is 11.3 Å². The fourth-order valence-electron chi connectivity index (χ4n) is 2.83. The number of rotatable bonds is 2. The van der Waals surface area contributed by atoms with E-state index in [1.165, 1.54) is 11.3 Å². The molecule has 3 heterocycles. The van der Waals surface area contributed by atoms with Gasteiger partial charge in [0.1, 0.15) is 12.1 Å². The Morgan fingerprint density at radius 1 is 1.35 bits per heavy atom. The second-order valence-corrected chi connectivity index (χ2v) is 6.25. The lowest BCUT2D eigenvalue weighted by Crippen LogP contribution is -2.53. The van der Waals surface area contributed by atoms with Gasteiger partial charge in [-0.1, -0.05) is 6.07 Å². The van der Waals surface area contributed by atoms with Crippen molar-refractivity contribution >= 4 is 23.2 Å². The zero-order valence-corrected chi connectivity index (χ0v) is 12.3. The maximum Gasteiger partial charge on any atom is 0.323 e. The van der Waals surface area contributed by atoms with E-state index in [0.717, 1.165) is 24.4 Å². The minimum absolute atomic E-state index is 0.0123. The molecule has 0 aromatic carbocycles. The van der Waals surface area contributed by atoms with E-state index >= 15 is 0 Å². The summed E-state index contributed by atoms with van der Waals surface area (Å²) in [5.74, 6) is -0.0162. The van der Waals surface area contributed by atoms with Crippen molar-refractivity contribution in [3.05, 3.63) is 22.4 Å². The molecule has 20 heavy (non-hydrogen) atoms. The predicted molar refractivity (Wildman–Crippen MR) is 75.8 cm³/mol. The second-order valence-electron chi connectivity index (χ2n) is 5.30. The zero-order valence-electron chi connectivity index (χ0n) is 11.4. The van der Waals surface area contributed by atoms with Crippen LogP contribution in [0, 0.1) is 0 Å². The molecule has 1 aromatic heterocycles. The van der Waals surface area contributed by atoms with Gasteiger partial charge in [-0.05, 0) is 18.4 Å². The maximum absolute atomic E-state index is 12.2. The van der Waals surface area contributed by atoms with Crippen LogP contribution >= 0.6 is 11.3 Å². The third-order valence-electron chi connectivity index (χ3n) is 3.92. The number of nitrogens with zero attached hydrogens (tertiary/aromatic N) is 2. The minimum Gasteiger partial charge on any atom is -0.461 e. The SMILES string of the molecule is CC1CC(N2CCN(C(=O)c3cccs3)CC2)C(=O)O1. The molecule has 0 N–H and O–H groups in total. The van der Waals surface area contributed by atoms with Crippen LogP contribution in [0.2, 0.25) is 0 Å². The highest BCUT2D eigenvalue weighted by Crippen LogP contribution is 2.22. The molecule has 0 saturated carbocycles. The first-order valence-corrected chi connectivity index (χ1v) is 7.80. The molecule has 0 radical (unpaired) electrons. The summed E-state index contributed by atoms with van der Waals surface area (Å²) in [7, 11) is 0. The molecular formula is C14H18N2O3S. The molecular weight excluding hydrogens is 276 g/mol. The van der Waals surface area contributed by atoms with Crippen molar-refractivity contribution in [2.45, 2.75) is 25.5 Å². The number of ether oxygens (including phenoxy) is 1. The Labute approximate surface area is 122 Å². The smallest absolute Gasteiger partial charge is 0.323 e. The van der Waals surface area contributed by atoms with Crippen molar-refractivity contribution in [3.63, 3.8) is 0 Å². The van der Waals surface area contributed by atoms with E-state index in [1.807, 2.05) is 29.3 Å². The number of hydrogen-bond donors (Lipinski definition) is 0. The minimum atomic E-state index is -0.121. The Balaban J connectivity index is 1.57. The molecule has 2 saturated heterocycles. The Kier molecular flexibility index (Phi) is 3.76. The number of amides is 1. The summed E-state index contributed by atoms with van der Waals surface area (Å²) in [5, 5.41) is 1.92. The Morgan fingerprint density at radius 2 is 2.10 bits per heavy atom. The van der Waals surface area contributed by atoms with Gasteiger partial charge in [-0.2, -0.15) is 0 Å². The molecule has 2 aliphatic heterocycles. The summed E-state index contributed by atoms with van der Waals surface area (Å²) in [6.45, 7) is 4.76. The van der Waals surface area contributed by atoms with Crippen LogP contribution in [0.1, 0.15) is 23.0 Å². The van der Waals surface area contributed by atoms with Crippen molar-refractivity contribution in [1.82, 2.24) is 9.80 Å². The van der Waals surface area contributed by atoms with Crippen LogP contribution in [0.3, 0.4) is 0 Å². The molecule has 2 aliphatic rings. The van der Waals surface area contributed by atoms with Crippen molar-refractivity contribution in [3.8, 4) is 0 Å². The van der Waals surface area contributed by atoms with Crippen LogP contribution in [0.4, 0.5) is 0 Å². The molecule has 3 rings (SSSR count). The number of esters is 1. The predicted octanol–water partition coefficient (Wildman–Crippen LogP) is 1.21. The lowest BCUT2D eigenvalue weighted by molar-refractivity contribution is -0.145. The standard InChI is InChI=1S/C14H18N2O3S/c1-10-9-11(14(18)19-10)15-4-6-16(7-5-15)13(17)12-3-2-8-20-12/h2-3,8,10-11H,4-7,9H2,1H3. The highest BCUT2D eigenvalue weighted by atomic mass is 32.1. The summed E-state index contributed by atoms with van der Waals surface area (Å²) >= 11 is 1.47. The lowest BCUT2D eigenvalue weighted by Gasteiger charge is -2.36. The van der Waals surface area contributed by atoms with E-state index in [0.29, 0.717) is 13.1 Å². The van der Waals surface area contributed by atoms with E-state index in [2.05, 4.69) is 4.90 Å². The third kappa shape index (κ3) is 2.58. The number of piperazine rings is 1. The summed E-state index contributed by atoms with van der Waals surface area (Å²) in [6, 6.07) is 3.63. The van der Waals surface area contributed by atoms with Gasteiger partial charge in [0, 0.05) is 32.6 Å². The number of thiophene rings is 1. The monoisotopic (exact) mass is 294 g/mol. The van der Waals surface area contributed by atoms with Gasteiger partial charge >= 0.3 is 5.97 Å². The van der Waals surface area contributed by atoms with E-state index in [1.54, 1.807) is 0 Å². The molecule has 1 amide bonds. The van der Waals surface area contributed by atoms with Crippen LogP contribution in [0.15, 0.2) is 17.5 Å². The van der Waals surface area contributed by atoms with Gasteiger partial charge in [-0.25, -0.2) is 0 Å². The maximum atomic E-state index is 12.2. The Bertz CT molecular complexity index is 495. The third-order valence-corrected chi connectivity index (χ3v) is 4.78. The van der Waals surface area contributed by atoms with Crippen LogP contribution in [-0.4, -0.2) is 60.0 Å². The molecule has 2 unspecified atom stereocenters. The van der Waals surface area contributed by atoms with E-state index in [9.17, 15) is 9.59 Å². The largest absolute Gasteiger partial charge is 0.461 e. The molecule has 2 fully saturated rings. The zero-order chi connectivity index (χ0) is 14.1. The Morgan fingerprint density at radius 3 is 2.65 bits per heavy atom. The van der Waals surface area contributed by atoms with Gasteiger partial charge in [0.25, 0.3) is 5.91 Å². The molecule has 1 aromatic rings. The normalized spacial score (nSPS) is 27.6. The number of carbonyl (C=O) groups is 2. The van der Waals surface area contributed by atoms with Gasteiger partial charge < -0.3 is 9.64 Å². The summed E-state index contributed by atoms with van der Waals surface area (Å²) in [4.78, 5) is 28.8. The molecule has 0 spiro atoms. The Hall–Kier alpha value is -1.40. The number of cyclic esters (lactones) is 1. The number of hydrogen-bond acceptors (Lipinski definition) is 5. The summed E-state index contributed by atoms with van der Waals surface area (Å²) in [5.41, 5.74) is 0. The first-order chi connectivity index (χ1) is 9.65. The molecule has 5 nitrogen and oxygen atoms in total. The van der Waals surface area contributed by atoms with E-state index < -0.39 is 0 Å². The van der Waals surface area contributed by atoms with Crippen molar-refractivity contribution in [2.75, 3.05) is 26.2 Å². The van der Waals surface area contributed by atoms with Crippen LogP contribution in [0.25, 0.3) is 0 Å². The number of carbonyl (C=O) groups excluding carboxylic acids is 2. The average molecular weight is 294 g/mol. The van der Waals surface area contributed by atoms with Crippen LogP contribution < -0.4 is 0 Å². The first-order valence-electron chi connectivity index (χ1n) is 6.92. The van der Waals surface area contributed by atoms with Crippen LogP contribution in [0.5, 0.6) is 0 Å². The molecule has 0 aliphatic carbocycles. The molecule has 2 atom stereocenters. The fourth-order valence-corrected chi connectivity index (χ4v) is 3.52. The molecule has 0 bridgehead atoms. The van der Waals surface area contributed by atoms with Gasteiger partial charge in [0.15, 0.2) is 0 Å². The van der Waals surface area contributed by atoms with Crippen molar-refractivity contribution < 1.29 is 14.3 Å². The average Bonchev–Trinajstić information content (AvgIpc) is 3.08. The second kappa shape index (κ2) is 5.54.